The number of hydrogen-bond donors (Lipinski definition) is 1. The zero-order valence-corrected chi connectivity index (χ0v) is 10.5. The lowest BCUT2D eigenvalue weighted by Crippen LogP contribution is -2.14. The Labute approximate surface area is 106 Å². The molecule has 2 N–H and O–H groups in total. The van der Waals surface area contributed by atoms with Crippen molar-refractivity contribution in [2.75, 3.05) is 6.54 Å². The minimum absolute atomic E-state index is 0.207. The first-order valence-corrected chi connectivity index (χ1v) is 6.13. The van der Waals surface area contributed by atoms with Crippen molar-refractivity contribution in [3.05, 3.63) is 53.6 Å². The topological polar surface area (TPSA) is 43.8 Å². The van der Waals surface area contributed by atoms with Crippen LogP contribution >= 0.6 is 0 Å². The molecule has 96 valence electrons. The molecule has 0 saturated heterocycles. The van der Waals surface area contributed by atoms with Crippen LogP contribution < -0.4 is 5.73 Å². The Morgan fingerprint density at radius 1 is 1.28 bits per heavy atom. The first kappa shape index (κ1) is 12.8. The zero-order chi connectivity index (χ0) is 13.0. The van der Waals surface area contributed by atoms with Crippen molar-refractivity contribution < 1.29 is 4.39 Å². The fraction of sp³-hybridized carbons (Fsp3) is 0.357. The average molecular weight is 247 g/mol. The van der Waals surface area contributed by atoms with Gasteiger partial charge in [-0.2, -0.15) is 5.10 Å². The first-order valence-electron chi connectivity index (χ1n) is 6.13. The zero-order valence-electron chi connectivity index (χ0n) is 10.5. The molecule has 1 heterocycles. The van der Waals surface area contributed by atoms with Crippen LogP contribution in [0.15, 0.2) is 36.5 Å². The molecule has 0 fully saturated rings. The molecule has 0 spiro atoms. The summed E-state index contributed by atoms with van der Waals surface area (Å²) in [4.78, 5) is 0. The van der Waals surface area contributed by atoms with Gasteiger partial charge >= 0.3 is 0 Å². The molecule has 0 aliphatic rings. The monoisotopic (exact) mass is 247 g/mol. The molecule has 18 heavy (non-hydrogen) atoms. The van der Waals surface area contributed by atoms with Gasteiger partial charge in [0.15, 0.2) is 0 Å². The van der Waals surface area contributed by atoms with Crippen molar-refractivity contribution in [1.82, 2.24) is 9.78 Å². The molecule has 2 aromatic rings. The number of halogens is 1. The second kappa shape index (κ2) is 5.78. The largest absolute Gasteiger partial charge is 0.330 e. The van der Waals surface area contributed by atoms with Crippen LogP contribution in [0.2, 0.25) is 0 Å². The molecule has 0 aliphatic heterocycles. The lowest BCUT2D eigenvalue weighted by atomic mass is 9.93. The van der Waals surface area contributed by atoms with Crippen molar-refractivity contribution in [3.63, 3.8) is 0 Å². The second-order valence-corrected chi connectivity index (χ2v) is 4.47. The van der Waals surface area contributed by atoms with Gasteiger partial charge in [-0.05, 0) is 49.1 Å². The summed E-state index contributed by atoms with van der Waals surface area (Å²) >= 11 is 0. The maximum Gasteiger partial charge on any atom is 0.123 e. The molecule has 0 saturated carbocycles. The molecule has 1 aromatic heterocycles. The van der Waals surface area contributed by atoms with Crippen LogP contribution in [-0.2, 0) is 13.5 Å². The summed E-state index contributed by atoms with van der Waals surface area (Å²) in [5, 5.41) is 4.14. The molecular weight excluding hydrogens is 229 g/mol. The van der Waals surface area contributed by atoms with E-state index in [0.29, 0.717) is 6.54 Å². The van der Waals surface area contributed by atoms with Crippen LogP contribution in [0.5, 0.6) is 0 Å². The summed E-state index contributed by atoms with van der Waals surface area (Å²) in [5.74, 6) is 0.0571. The van der Waals surface area contributed by atoms with Gasteiger partial charge < -0.3 is 5.73 Å². The lowest BCUT2D eigenvalue weighted by molar-refractivity contribution is 0.597. The van der Waals surface area contributed by atoms with Gasteiger partial charge in [-0.3, -0.25) is 4.68 Å². The normalized spacial score (nSPS) is 12.6. The maximum atomic E-state index is 12.9. The smallest absolute Gasteiger partial charge is 0.123 e. The van der Waals surface area contributed by atoms with Crippen molar-refractivity contribution in [1.29, 1.82) is 0 Å². The third-order valence-corrected chi connectivity index (χ3v) is 3.30. The summed E-state index contributed by atoms with van der Waals surface area (Å²) < 4.78 is 14.7. The predicted octanol–water partition coefficient (Wildman–Crippen LogP) is 2.23. The molecule has 0 amide bonds. The van der Waals surface area contributed by atoms with E-state index in [0.717, 1.165) is 18.4 Å². The van der Waals surface area contributed by atoms with E-state index in [1.54, 1.807) is 6.20 Å². The van der Waals surface area contributed by atoms with Gasteiger partial charge in [-0.25, -0.2) is 4.39 Å². The lowest BCUT2D eigenvalue weighted by Gasteiger charge is -2.15. The Kier molecular flexibility index (Phi) is 4.10. The minimum atomic E-state index is -0.207. The maximum absolute atomic E-state index is 12.9. The molecule has 0 radical (unpaired) electrons. The van der Waals surface area contributed by atoms with Gasteiger partial charge in [-0.15, -0.1) is 0 Å². The second-order valence-electron chi connectivity index (χ2n) is 4.47. The minimum Gasteiger partial charge on any atom is -0.330 e. The summed E-state index contributed by atoms with van der Waals surface area (Å²) in [7, 11) is 1.94. The standard InChI is InChI=1S/C14H18FN3/c1-18-14(8-9-17-18)7-4-12(10-16)11-2-5-13(15)6-3-11/h2-3,5-6,8-9,12H,4,7,10,16H2,1H3. The average Bonchev–Trinajstić information content (AvgIpc) is 2.78. The molecule has 3 nitrogen and oxygen atoms in total. The van der Waals surface area contributed by atoms with E-state index in [-0.39, 0.29) is 11.7 Å². The Morgan fingerprint density at radius 3 is 2.56 bits per heavy atom. The van der Waals surface area contributed by atoms with Gasteiger partial charge in [0.25, 0.3) is 0 Å². The van der Waals surface area contributed by atoms with Crippen LogP contribution in [0.25, 0.3) is 0 Å². The van der Waals surface area contributed by atoms with Crippen LogP contribution in [0.1, 0.15) is 23.6 Å². The summed E-state index contributed by atoms with van der Waals surface area (Å²) in [6.45, 7) is 0.573. The Hall–Kier alpha value is -1.68. The Morgan fingerprint density at radius 2 is 2.00 bits per heavy atom. The fourth-order valence-electron chi connectivity index (χ4n) is 2.12. The van der Waals surface area contributed by atoms with E-state index in [1.807, 2.05) is 29.9 Å². The third kappa shape index (κ3) is 2.96. The number of nitrogens with zero attached hydrogens (tertiary/aromatic N) is 2. The number of rotatable bonds is 5. The molecule has 1 aromatic carbocycles. The van der Waals surface area contributed by atoms with Gasteiger partial charge in [0.2, 0.25) is 0 Å². The van der Waals surface area contributed by atoms with E-state index in [4.69, 9.17) is 5.73 Å². The highest BCUT2D eigenvalue weighted by molar-refractivity contribution is 5.21. The predicted molar refractivity (Wildman–Crippen MR) is 69.7 cm³/mol. The van der Waals surface area contributed by atoms with E-state index in [1.165, 1.54) is 17.8 Å². The van der Waals surface area contributed by atoms with Crippen LogP contribution in [0, 0.1) is 5.82 Å². The molecule has 0 bridgehead atoms. The van der Waals surface area contributed by atoms with Crippen molar-refractivity contribution in [2.45, 2.75) is 18.8 Å². The Bertz CT molecular complexity index is 490. The summed E-state index contributed by atoms with van der Waals surface area (Å²) in [6, 6.07) is 8.62. The number of aryl methyl sites for hydroxylation is 2. The van der Waals surface area contributed by atoms with Gasteiger partial charge in [0.05, 0.1) is 0 Å². The summed E-state index contributed by atoms with van der Waals surface area (Å²) in [6.07, 6.45) is 3.67. The third-order valence-electron chi connectivity index (χ3n) is 3.30. The fourth-order valence-corrected chi connectivity index (χ4v) is 2.12. The molecule has 2 rings (SSSR count). The molecule has 4 heteroatoms. The number of nitrogens with two attached hydrogens (primary N) is 1. The van der Waals surface area contributed by atoms with Crippen molar-refractivity contribution >= 4 is 0 Å². The quantitative estimate of drug-likeness (QED) is 0.880. The SMILES string of the molecule is Cn1nccc1CCC(CN)c1ccc(F)cc1. The van der Waals surface area contributed by atoms with Gasteiger partial charge in [0, 0.05) is 18.9 Å². The van der Waals surface area contributed by atoms with Crippen molar-refractivity contribution in [3.8, 4) is 0 Å². The first-order chi connectivity index (χ1) is 8.70. The van der Waals surface area contributed by atoms with E-state index >= 15 is 0 Å². The highest BCUT2D eigenvalue weighted by Gasteiger charge is 2.11. The van der Waals surface area contributed by atoms with Crippen molar-refractivity contribution in [2.24, 2.45) is 12.8 Å². The van der Waals surface area contributed by atoms with Gasteiger partial charge in [-0.1, -0.05) is 12.1 Å². The highest BCUT2D eigenvalue weighted by Crippen LogP contribution is 2.20. The Balaban J connectivity index is 2.01. The molecule has 1 atom stereocenters. The highest BCUT2D eigenvalue weighted by atomic mass is 19.1. The molecule has 1 unspecified atom stereocenters. The van der Waals surface area contributed by atoms with Crippen LogP contribution in [-0.4, -0.2) is 16.3 Å². The molecule has 0 aliphatic carbocycles. The molecular formula is C14H18FN3. The van der Waals surface area contributed by atoms with Gasteiger partial charge in [0.1, 0.15) is 5.82 Å². The van der Waals surface area contributed by atoms with Crippen LogP contribution in [0.4, 0.5) is 4.39 Å². The van der Waals surface area contributed by atoms with Crippen LogP contribution in [0.3, 0.4) is 0 Å². The summed E-state index contributed by atoms with van der Waals surface area (Å²) in [5.41, 5.74) is 8.09. The van der Waals surface area contributed by atoms with E-state index in [2.05, 4.69) is 5.10 Å². The number of hydrogen-bond acceptors (Lipinski definition) is 2. The number of benzene rings is 1. The van der Waals surface area contributed by atoms with E-state index < -0.39 is 0 Å². The number of aromatic nitrogens is 2. The van der Waals surface area contributed by atoms with E-state index in [9.17, 15) is 4.39 Å².